The zero-order valence-electron chi connectivity index (χ0n) is 15.3. The summed E-state index contributed by atoms with van der Waals surface area (Å²) in [6.45, 7) is 7.89. The summed E-state index contributed by atoms with van der Waals surface area (Å²) >= 11 is 0. The second kappa shape index (κ2) is 7.00. The van der Waals surface area contributed by atoms with Crippen molar-refractivity contribution >= 4 is 23.1 Å². The first-order valence-corrected chi connectivity index (χ1v) is 8.53. The van der Waals surface area contributed by atoms with E-state index in [1.54, 1.807) is 11.0 Å². The number of hydrogen-bond donors (Lipinski definition) is 0. The molecule has 0 spiro atoms. The van der Waals surface area contributed by atoms with Gasteiger partial charge < -0.3 is 4.90 Å². The molecule has 0 bridgehead atoms. The number of hydrogen-bond acceptors (Lipinski definition) is 3. The summed E-state index contributed by atoms with van der Waals surface area (Å²) in [6, 6.07) is 15.4. The van der Waals surface area contributed by atoms with Gasteiger partial charge in [-0.3, -0.25) is 14.5 Å². The van der Waals surface area contributed by atoms with Gasteiger partial charge in [-0.2, -0.15) is 0 Å². The van der Waals surface area contributed by atoms with E-state index >= 15 is 0 Å². The Labute approximate surface area is 154 Å². The van der Waals surface area contributed by atoms with Gasteiger partial charge in [0.1, 0.15) is 5.70 Å². The fourth-order valence-corrected chi connectivity index (χ4v) is 3.11. The molecule has 0 aromatic heterocycles. The van der Waals surface area contributed by atoms with E-state index < -0.39 is 0 Å². The minimum atomic E-state index is -0.297. The van der Waals surface area contributed by atoms with Gasteiger partial charge in [0, 0.05) is 19.3 Å². The van der Waals surface area contributed by atoms with Gasteiger partial charge in [-0.05, 0) is 42.7 Å². The zero-order chi connectivity index (χ0) is 18.8. The molecule has 0 atom stereocenters. The van der Waals surface area contributed by atoms with Crippen LogP contribution in [0.25, 0.3) is 5.57 Å². The highest BCUT2D eigenvalue weighted by molar-refractivity contribution is 6.36. The summed E-state index contributed by atoms with van der Waals surface area (Å²) < 4.78 is 0. The Kier molecular flexibility index (Phi) is 4.76. The Morgan fingerprint density at radius 1 is 1.00 bits per heavy atom. The van der Waals surface area contributed by atoms with E-state index in [4.69, 9.17) is 0 Å². The van der Waals surface area contributed by atoms with Crippen molar-refractivity contribution < 1.29 is 9.59 Å². The molecule has 4 heteroatoms. The van der Waals surface area contributed by atoms with Crippen LogP contribution in [0, 0.1) is 13.8 Å². The monoisotopic (exact) mass is 346 g/mol. The predicted molar refractivity (Wildman–Crippen MR) is 105 cm³/mol. The lowest BCUT2D eigenvalue weighted by atomic mass is 9.99. The maximum atomic E-state index is 13.0. The molecule has 0 fully saturated rings. The molecule has 0 N–H and O–H groups in total. The third-order valence-corrected chi connectivity index (χ3v) is 4.73. The molecule has 1 aliphatic heterocycles. The highest BCUT2D eigenvalue weighted by Crippen LogP contribution is 2.33. The third kappa shape index (κ3) is 2.94. The van der Waals surface area contributed by atoms with Gasteiger partial charge in [0.2, 0.25) is 0 Å². The molecule has 0 radical (unpaired) electrons. The van der Waals surface area contributed by atoms with Crippen LogP contribution >= 0.6 is 0 Å². The number of carbonyl (C=O) groups excluding carboxylic acids is 2. The number of nitrogens with zero attached hydrogens (tertiary/aromatic N) is 2. The number of benzene rings is 2. The van der Waals surface area contributed by atoms with Crippen molar-refractivity contribution in [2.24, 2.45) is 0 Å². The van der Waals surface area contributed by atoms with Crippen LogP contribution in [0.1, 0.15) is 16.7 Å². The lowest BCUT2D eigenvalue weighted by Gasteiger charge is -2.21. The highest BCUT2D eigenvalue weighted by atomic mass is 16.2. The molecule has 132 valence electrons. The van der Waals surface area contributed by atoms with E-state index in [0.29, 0.717) is 11.3 Å². The van der Waals surface area contributed by atoms with Crippen molar-refractivity contribution in [3.8, 4) is 0 Å². The van der Waals surface area contributed by atoms with Crippen LogP contribution in [0.2, 0.25) is 0 Å². The van der Waals surface area contributed by atoms with Crippen molar-refractivity contribution in [1.29, 1.82) is 0 Å². The molecule has 2 aromatic carbocycles. The summed E-state index contributed by atoms with van der Waals surface area (Å²) in [5, 5.41) is 0. The highest BCUT2D eigenvalue weighted by Gasteiger charge is 2.40. The number of amides is 2. The van der Waals surface area contributed by atoms with E-state index in [9.17, 15) is 9.59 Å². The SMILES string of the molecule is C=CCN1C(=O)C(c2ccc(C)c(C)c2)=C(N(C)c2ccccc2)C1=O. The van der Waals surface area contributed by atoms with Gasteiger partial charge in [0.25, 0.3) is 11.8 Å². The minimum absolute atomic E-state index is 0.193. The number of likely N-dealkylation sites (N-methyl/N-ethyl adjacent to an activating group) is 1. The third-order valence-electron chi connectivity index (χ3n) is 4.73. The maximum absolute atomic E-state index is 13.0. The van der Waals surface area contributed by atoms with Crippen molar-refractivity contribution in [2.75, 3.05) is 18.5 Å². The first-order chi connectivity index (χ1) is 12.5. The molecule has 0 aliphatic carbocycles. The van der Waals surface area contributed by atoms with Crippen LogP contribution in [0.15, 0.2) is 66.9 Å². The zero-order valence-corrected chi connectivity index (χ0v) is 15.3. The number of anilines is 1. The van der Waals surface area contributed by atoms with Crippen molar-refractivity contribution in [3.63, 3.8) is 0 Å². The van der Waals surface area contributed by atoms with Crippen LogP contribution in [-0.2, 0) is 9.59 Å². The Morgan fingerprint density at radius 3 is 2.31 bits per heavy atom. The summed E-state index contributed by atoms with van der Waals surface area (Å²) in [6.07, 6.45) is 1.57. The van der Waals surface area contributed by atoms with Crippen LogP contribution < -0.4 is 4.90 Å². The molecule has 2 amide bonds. The van der Waals surface area contributed by atoms with E-state index in [1.807, 2.05) is 69.4 Å². The number of carbonyl (C=O) groups is 2. The van der Waals surface area contributed by atoms with Gasteiger partial charge >= 0.3 is 0 Å². The molecule has 1 heterocycles. The van der Waals surface area contributed by atoms with E-state index in [-0.39, 0.29) is 18.4 Å². The van der Waals surface area contributed by atoms with Crippen LogP contribution in [0.5, 0.6) is 0 Å². The lowest BCUT2D eigenvalue weighted by molar-refractivity contribution is -0.136. The molecule has 26 heavy (non-hydrogen) atoms. The smallest absolute Gasteiger partial charge is 0.278 e. The Hall–Kier alpha value is -3.14. The molecule has 1 aliphatic rings. The van der Waals surface area contributed by atoms with E-state index in [1.165, 1.54) is 4.90 Å². The molecule has 0 unspecified atom stereocenters. The van der Waals surface area contributed by atoms with Crippen molar-refractivity contribution in [3.05, 3.63) is 83.6 Å². The standard InChI is InChI=1S/C22H22N2O2/c1-5-13-24-21(25)19(17-12-11-15(2)16(3)14-17)20(22(24)26)23(4)18-9-7-6-8-10-18/h5-12,14H,1,13H2,2-4H3. The van der Waals surface area contributed by atoms with Crippen molar-refractivity contribution in [1.82, 2.24) is 4.90 Å². The number of rotatable bonds is 5. The predicted octanol–water partition coefficient (Wildman–Crippen LogP) is 3.71. The Balaban J connectivity index is 2.19. The minimum Gasteiger partial charge on any atom is -0.339 e. The van der Waals surface area contributed by atoms with Crippen LogP contribution in [0.4, 0.5) is 5.69 Å². The fraction of sp³-hybridized carbons (Fsp3) is 0.182. The topological polar surface area (TPSA) is 40.6 Å². The Bertz CT molecular complexity index is 913. The number of para-hydroxylation sites is 1. The average Bonchev–Trinajstić information content (AvgIpc) is 2.89. The summed E-state index contributed by atoms with van der Waals surface area (Å²) in [4.78, 5) is 29.1. The largest absolute Gasteiger partial charge is 0.339 e. The molecular weight excluding hydrogens is 324 g/mol. The molecular formula is C22H22N2O2. The number of aryl methyl sites for hydroxylation is 2. The fourth-order valence-electron chi connectivity index (χ4n) is 3.11. The van der Waals surface area contributed by atoms with Gasteiger partial charge in [-0.1, -0.05) is 42.5 Å². The lowest BCUT2D eigenvalue weighted by Crippen LogP contribution is -2.34. The molecule has 3 rings (SSSR count). The quantitative estimate of drug-likeness (QED) is 0.612. The summed E-state index contributed by atoms with van der Waals surface area (Å²) in [5.74, 6) is -0.578. The van der Waals surface area contributed by atoms with Gasteiger partial charge in [0.15, 0.2) is 0 Å². The number of imide groups is 1. The summed E-state index contributed by atoms with van der Waals surface area (Å²) in [7, 11) is 1.81. The molecule has 0 saturated carbocycles. The molecule has 4 nitrogen and oxygen atoms in total. The van der Waals surface area contributed by atoms with E-state index in [2.05, 4.69) is 6.58 Å². The Morgan fingerprint density at radius 2 is 1.69 bits per heavy atom. The first-order valence-electron chi connectivity index (χ1n) is 8.53. The van der Waals surface area contributed by atoms with Gasteiger partial charge in [-0.25, -0.2) is 0 Å². The summed E-state index contributed by atoms with van der Waals surface area (Å²) in [5.41, 5.74) is 4.67. The van der Waals surface area contributed by atoms with Gasteiger partial charge in [0.05, 0.1) is 5.57 Å². The van der Waals surface area contributed by atoms with Crippen LogP contribution in [0.3, 0.4) is 0 Å². The first kappa shape index (κ1) is 17.7. The normalized spacial score (nSPS) is 14.2. The van der Waals surface area contributed by atoms with Gasteiger partial charge in [-0.15, -0.1) is 6.58 Å². The molecule has 0 saturated heterocycles. The van der Waals surface area contributed by atoms with E-state index in [0.717, 1.165) is 22.4 Å². The average molecular weight is 346 g/mol. The maximum Gasteiger partial charge on any atom is 0.278 e. The second-order valence-electron chi connectivity index (χ2n) is 6.43. The van der Waals surface area contributed by atoms with Crippen molar-refractivity contribution in [2.45, 2.75) is 13.8 Å². The molecule has 2 aromatic rings. The van der Waals surface area contributed by atoms with Crippen LogP contribution in [-0.4, -0.2) is 30.3 Å². The second-order valence-corrected chi connectivity index (χ2v) is 6.43.